The summed E-state index contributed by atoms with van der Waals surface area (Å²) in [6.07, 6.45) is -0.840. The van der Waals surface area contributed by atoms with E-state index in [0.717, 1.165) is 5.56 Å². The van der Waals surface area contributed by atoms with E-state index >= 15 is 0 Å². The van der Waals surface area contributed by atoms with Gasteiger partial charge in [0.25, 0.3) is 0 Å². The first-order valence-electron chi connectivity index (χ1n) is 12.6. The summed E-state index contributed by atoms with van der Waals surface area (Å²) in [6.45, 7) is 10.9. The number of ether oxygens (including phenoxy) is 7. The molecule has 0 aliphatic rings. The maximum absolute atomic E-state index is 11.8. The van der Waals surface area contributed by atoms with Crippen molar-refractivity contribution in [3.63, 3.8) is 0 Å². The Labute approximate surface area is 220 Å². The number of likely N-dealkylation sites (N-methyl/N-ethyl adjacent to an activating group) is 1. The van der Waals surface area contributed by atoms with Gasteiger partial charge >= 0.3 is 12.2 Å². The molecule has 37 heavy (non-hydrogen) atoms. The number of benzene rings is 1. The molecule has 11 heteroatoms. The highest BCUT2D eigenvalue weighted by atomic mass is 16.6. The van der Waals surface area contributed by atoms with E-state index in [2.05, 4.69) is 5.32 Å². The van der Waals surface area contributed by atoms with Crippen molar-refractivity contribution in [2.45, 2.75) is 33.0 Å². The van der Waals surface area contributed by atoms with Crippen molar-refractivity contribution in [2.24, 2.45) is 0 Å². The summed E-state index contributed by atoms with van der Waals surface area (Å²) in [5.74, 6) is 0. The van der Waals surface area contributed by atoms with Crippen LogP contribution in [0.3, 0.4) is 0 Å². The third kappa shape index (κ3) is 20.3. The summed E-state index contributed by atoms with van der Waals surface area (Å²) in [5, 5.41) is 2.63. The van der Waals surface area contributed by atoms with Crippen LogP contribution in [0.25, 0.3) is 0 Å². The first-order valence-corrected chi connectivity index (χ1v) is 12.6. The summed E-state index contributed by atoms with van der Waals surface area (Å²) in [6, 6.07) is 9.49. The molecule has 1 N–H and O–H groups in total. The van der Waals surface area contributed by atoms with E-state index in [1.54, 1.807) is 7.05 Å². The van der Waals surface area contributed by atoms with Gasteiger partial charge in [0.15, 0.2) is 0 Å². The quantitative estimate of drug-likeness (QED) is 0.255. The van der Waals surface area contributed by atoms with E-state index in [1.165, 1.54) is 4.90 Å². The van der Waals surface area contributed by atoms with Gasteiger partial charge in [0.2, 0.25) is 0 Å². The summed E-state index contributed by atoms with van der Waals surface area (Å²) in [5.41, 5.74) is 0.425. The van der Waals surface area contributed by atoms with Gasteiger partial charge in [0.05, 0.1) is 66.1 Å². The zero-order chi connectivity index (χ0) is 27.2. The molecule has 212 valence electrons. The number of amides is 2. The number of carbonyl (C=O) groups excluding carboxylic acids is 2. The van der Waals surface area contributed by atoms with E-state index in [-0.39, 0.29) is 12.7 Å². The Bertz CT molecular complexity index is 714. The van der Waals surface area contributed by atoms with Crippen LogP contribution < -0.4 is 5.32 Å². The maximum Gasteiger partial charge on any atom is 0.410 e. The zero-order valence-electron chi connectivity index (χ0n) is 22.7. The smallest absolute Gasteiger partial charge is 0.410 e. The first-order chi connectivity index (χ1) is 17.8. The number of hydrogen-bond acceptors (Lipinski definition) is 9. The monoisotopic (exact) mass is 528 g/mol. The molecular formula is C26H44N2O9. The first kappa shape index (κ1) is 32.6. The normalized spacial score (nSPS) is 11.2. The number of carbonyl (C=O) groups is 2. The van der Waals surface area contributed by atoms with Gasteiger partial charge in [-0.05, 0) is 26.3 Å². The molecule has 0 spiro atoms. The van der Waals surface area contributed by atoms with Crippen molar-refractivity contribution in [1.29, 1.82) is 0 Å². The fourth-order valence-electron chi connectivity index (χ4n) is 2.61. The molecule has 2 amide bonds. The van der Waals surface area contributed by atoms with Crippen LogP contribution >= 0.6 is 0 Å². The van der Waals surface area contributed by atoms with Gasteiger partial charge < -0.3 is 43.4 Å². The Balaban J connectivity index is 1.77. The highest BCUT2D eigenvalue weighted by Gasteiger charge is 2.19. The molecule has 0 saturated heterocycles. The van der Waals surface area contributed by atoms with Crippen molar-refractivity contribution in [1.82, 2.24) is 10.2 Å². The van der Waals surface area contributed by atoms with E-state index in [9.17, 15) is 9.59 Å². The molecule has 0 aromatic heterocycles. The van der Waals surface area contributed by atoms with Crippen LogP contribution in [0.1, 0.15) is 26.3 Å². The average molecular weight is 529 g/mol. The molecule has 1 rings (SSSR count). The second-order valence-electron chi connectivity index (χ2n) is 8.95. The predicted molar refractivity (Wildman–Crippen MR) is 138 cm³/mol. The summed E-state index contributed by atoms with van der Waals surface area (Å²) in [4.78, 5) is 24.9. The zero-order valence-corrected chi connectivity index (χ0v) is 22.7. The van der Waals surface area contributed by atoms with Crippen LogP contribution in [-0.2, 0) is 39.8 Å². The Morgan fingerprint density at radius 3 is 1.76 bits per heavy atom. The topological polar surface area (TPSA) is 114 Å². The van der Waals surface area contributed by atoms with Crippen LogP contribution in [0.2, 0.25) is 0 Å². The van der Waals surface area contributed by atoms with E-state index in [4.69, 9.17) is 33.2 Å². The van der Waals surface area contributed by atoms with E-state index < -0.39 is 11.7 Å². The summed E-state index contributed by atoms with van der Waals surface area (Å²) in [7, 11) is 1.68. The van der Waals surface area contributed by atoms with E-state index in [1.807, 2.05) is 51.1 Å². The lowest BCUT2D eigenvalue weighted by Gasteiger charge is -2.24. The minimum Gasteiger partial charge on any atom is -0.445 e. The molecule has 0 aliphatic heterocycles. The number of nitrogens with zero attached hydrogens (tertiary/aromatic N) is 1. The summed E-state index contributed by atoms with van der Waals surface area (Å²) >= 11 is 0. The fraction of sp³-hybridized carbons (Fsp3) is 0.692. The fourth-order valence-corrected chi connectivity index (χ4v) is 2.61. The van der Waals surface area contributed by atoms with Crippen molar-refractivity contribution >= 4 is 12.2 Å². The SMILES string of the molecule is CN(CCOCCOCCOCCOCCOCCNC(=O)OCc1ccccc1)C(=O)OC(C)(C)C. The van der Waals surface area contributed by atoms with Gasteiger partial charge in [-0.3, -0.25) is 0 Å². The molecule has 0 heterocycles. The molecule has 0 unspecified atom stereocenters. The Morgan fingerprint density at radius 2 is 1.24 bits per heavy atom. The highest BCUT2D eigenvalue weighted by Crippen LogP contribution is 2.08. The molecule has 1 aromatic carbocycles. The molecule has 0 aliphatic carbocycles. The number of nitrogens with one attached hydrogen (secondary N) is 1. The molecule has 0 bridgehead atoms. The lowest BCUT2D eigenvalue weighted by molar-refractivity contribution is -0.0128. The molecule has 11 nitrogen and oxygen atoms in total. The summed E-state index contributed by atoms with van der Waals surface area (Å²) < 4.78 is 37.5. The molecule has 1 aromatic rings. The minimum absolute atomic E-state index is 0.237. The van der Waals surface area contributed by atoms with Crippen molar-refractivity contribution in [3.8, 4) is 0 Å². The van der Waals surface area contributed by atoms with Crippen LogP contribution in [0.4, 0.5) is 9.59 Å². The molecule has 0 atom stereocenters. The van der Waals surface area contributed by atoms with Crippen LogP contribution in [0, 0.1) is 0 Å². The Hall–Kier alpha value is -2.44. The van der Waals surface area contributed by atoms with Gasteiger partial charge in [-0.1, -0.05) is 30.3 Å². The van der Waals surface area contributed by atoms with Crippen LogP contribution in [0.15, 0.2) is 30.3 Å². The van der Waals surface area contributed by atoms with Crippen molar-refractivity contribution < 1.29 is 42.7 Å². The second kappa shape index (κ2) is 20.6. The maximum atomic E-state index is 11.8. The number of alkyl carbamates (subject to hydrolysis) is 1. The molecular weight excluding hydrogens is 484 g/mol. The lowest BCUT2D eigenvalue weighted by Crippen LogP contribution is -2.36. The lowest BCUT2D eigenvalue weighted by atomic mass is 10.2. The van der Waals surface area contributed by atoms with Crippen molar-refractivity contribution in [2.75, 3.05) is 86.2 Å². The van der Waals surface area contributed by atoms with Crippen LogP contribution in [0.5, 0.6) is 0 Å². The molecule has 0 radical (unpaired) electrons. The van der Waals surface area contributed by atoms with Gasteiger partial charge in [0, 0.05) is 20.1 Å². The Morgan fingerprint density at radius 1 is 0.757 bits per heavy atom. The molecule has 0 fully saturated rings. The van der Waals surface area contributed by atoms with Crippen LogP contribution in [-0.4, -0.2) is 109 Å². The third-order valence-electron chi connectivity index (χ3n) is 4.49. The third-order valence-corrected chi connectivity index (χ3v) is 4.49. The highest BCUT2D eigenvalue weighted by molar-refractivity contribution is 5.67. The van der Waals surface area contributed by atoms with Gasteiger partial charge in [-0.25, -0.2) is 9.59 Å². The van der Waals surface area contributed by atoms with Gasteiger partial charge in [-0.15, -0.1) is 0 Å². The van der Waals surface area contributed by atoms with Gasteiger partial charge in [0.1, 0.15) is 12.2 Å². The number of hydrogen-bond donors (Lipinski definition) is 1. The molecule has 0 saturated carbocycles. The van der Waals surface area contributed by atoms with Gasteiger partial charge in [-0.2, -0.15) is 0 Å². The van der Waals surface area contributed by atoms with E-state index in [0.29, 0.717) is 79.2 Å². The second-order valence-corrected chi connectivity index (χ2v) is 8.95. The largest absolute Gasteiger partial charge is 0.445 e. The average Bonchev–Trinajstić information content (AvgIpc) is 2.86. The number of rotatable bonds is 20. The predicted octanol–water partition coefficient (Wildman–Crippen LogP) is 2.86. The van der Waals surface area contributed by atoms with Crippen molar-refractivity contribution in [3.05, 3.63) is 35.9 Å². The standard InChI is InChI=1S/C26H44N2O9/c1-26(2,3)37-25(30)28(4)11-13-32-15-17-34-19-21-35-20-18-33-16-14-31-12-10-27-24(29)36-22-23-8-6-5-7-9-23/h5-9H,10-22H2,1-4H3,(H,27,29). The minimum atomic E-state index is -0.510. The Kier molecular flexibility index (Phi) is 18.1.